The Bertz CT molecular complexity index is 219. The molecule has 0 spiro atoms. The van der Waals surface area contributed by atoms with Gasteiger partial charge in [-0.25, -0.2) is 4.79 Å². The minimum Gasteiger partial charge on any atom is -0.480 e. The Kier molecular flexibility index (Phi) is 3.03. The molecule has 2 rings (SSSR count). The van der Waals surface area contributed by atoms with E-state index in [-0.39, 0.29) is 12.7 Å². The van der Waals surface area contributed by atoms with Crippen molar-refractivity contribution in [2.75, 3.05) is 26.2 Å². The number of carbonyl (C=O) groups is 1. The molecule has 0 aliphatic carbocycles. The van der Waals surface area contributed by atoms with Gasteiger partial charge in [-0.3, -0.25) is 0 Å². The molecule has 0 aromatic rings. The van der Waals surface area contributed by atoms with Gasteiger partial charge in [-0.2, -0.15) is 0 Å². The van der Waals surface area contributed by atoms with Crippen LogP contribution in [0.2, 0.25) is 0 Å². The second-order valence-electron chi connectivity index (χ2n) is 4.23. The van der Waals surface area contributed by atoms with Crippen molar-refractivity contribution >= 4 is 5.97 Å². The maximum atomic E-state index is 10.4. The van der Waals surface area contributed by atoms with E-state index in [4.69, 9.17) is 9.84 Å². The molecule has 4 nitrogen and oxygen atoms in total. The van der Waals surface area contributed by atoms with Crippen LogP contribution in [0.4, 0.5) is 0 Å². The molecule has 3 unspecified atom stereocenters. The number of carboxylic acids is 1. The number of aliphatic carboxylic acids is 1. The quantitative estimate of drug-likeness (QED) is 0.722. The highest BCUT2D eigenvalue weighted by Gasteiger charge is 2.32. The van der Waals surface area contributed by atoms with Gasteiger partial charge in [0.1, 0.15) is 6.61 Å². The predicted octanol–water partition coefficient (Wildman–Crippen LogP) is 0.572. The lowest BCUT2D eigenvalue weighted by molar-refractivity contribution is -0.147. The summed E-state index contributed by atoms with van der Waals surface area (Å²) < 4.78 is 5.40. The number of hydrogen-bond acceptors (Lipinski definition) is 3. The molecule has 2 aliphatic heterocycles. The molecular weight excluding hydrogens is 182 g/mol. The highest BCUT2D eigenvalue weighted by molar-refractivity contribution is 5.68. The van der Waals surface area contributed by atoms with Crippen molar-refractivity contribution < 1.29 is 14.6 Å². The van der Waals surface area contributed by atoms with E-state index in [0.29, 0.717) is 5.92 Å². The van der Waals surface area contributed by atoms with Gasteiger partial charge in [0.15, 0.2) is 0 Å². The van der Waals surface area contributed by atoms with E-state index in [1.807, 2.05) is 0 Å². The van der Waals surface area contributed by atoms with Gasteiger partial charge in [0.2, 0.25) is 0 Å². The fourth-order valence-corrected chi connectivity index (χ4v) is 2.54. The summed E-state index contributed by atoms with van der Waals surface area (Å²) in [7, 11) is 0. The summed E-state index contributed by atoms with van der Waals surface area (Å²) in [4.78, 5) is 12.8. The molecule has 0 aromatic heterocycles. The first-order valence-corrected chi connectivity index (χ1v) is 5.31. The molecule has 14 heavy (non-hydrogen) atoms. The SMILES string of the molecule is O=C(O)COC1CCN2CCCC1C2. The predicted molar refractivity (Wildman–Crippen MR) is 51.2 cm³/mol. The van der Waals surface area contributed by atoms with Crippen LogP contribution >= 0.6 is 0 Å². The molecule has 0 amide bonds. The van der Waals surface area contributed by atoms with Gasteiger partial charge in [-0.05, 0) is 31.7 Å². The highest BCUT2D eigenvalue weighted by atomic mass is 16.5. The highest BCUT2D eigenvalue weighted by Crippen LogP contribution is 2.28. The Hall–Kier alpha value is -0.610. The third-order valence-corrected chi connectivity index (χ3v) is 3.22. The number of ether oxygens (including phenoxy) is 1. The molecule has 0 saturated carbocycles. The number of piperidine rings is 2. The largest absolute Gasteiger partial charge is 0.480 e. The lowest BCUT2D eigenvalue weighted by atomic mass is 9.87. The topological polar surface area (TPSA) is 49.8 Å². The molecule has 0 aromatic carbocycles. The fraction of sp³-hybridized carbons (Fsp3) is 0.900. The van der Waals surface area contributed by atoms with Crippen molar-refractivity contribution in [2.24, 2.45) is 5.92 Å². The van der Waals surface area contributed by atoms with Crippen LogP contribution in [-0.2, 0) is 9.53 Å². The van der Waals surface area contributed by atoms with Crippen LogP contribution in [0, 0.1) is 5.92 Å². The van der Waals surface area contributed by atoms with Crippen LogP contribution in [0.3, 0.4) is 0 Å². The maximum Gasteiger partial charge on any atom is 0.329 e. The lowest BCUT2D eigenvalue weighted by Crippen LogP contribution is -2.48. The van der Waals surface area contributed by atoms with Crippen molar-refractivity contribution in [1.29, 1.82) is 0 Å². The molecule has 3 atom stereocenters. The molecule has 80 valence electrons. The number of hydrogen-bond donors (Lipinski definition) is 1. The summed E-state index contributed by atoms with van der Waals surface area (Å²) in [5.41, 5.74) is 0. The van der Waals surface area contributed by atoms with Crippen LogP contribution in [-0.4, -0.2) is 48.3 Å². The Morgan fingerprint density at radius 1 is 1.43 bits per heavy atom. The number of fused-ring (bicyclic) bond motifs is 2. The summed E-state index contributed by atoms with van der Waals surface area (Å²) >= 11 is 0. The summed E-state index contributed by atoms with van der Waals surface area (Å²) in [6, 6.07) is 0. The smallest absolute Gasteiger partial charge is 0.329 e. The molecule has 1 N–H and O–H groups in total. The molecule has 4 heteroatoms. The van der Waals surface area contributed by atoms with Gasteiger partial charge in [-0.1, -0.05) is 0 Å². The first-order valence-electron chi connectivity index (χ1n) is 5.31. The third kappa shape index (κ3) is 2.25. The molecule has 2 bridgehead atoms. The first kappa shape index (κ1) is 9.93. The minimum atomic E-state index is -0.858. The second-order valence-corrected chi connectivity index (χ2v) is 4.23. The summed E-state index contributed by atoms with van der Waals surface area (Å²) in [5.74, 6) is -0.292. The molecule has 2 aliphatic rings. The summed E-state index contributed by atoms with van der Waals surface area (Å²) in [6.07, 6.45) is 3.61. The summed E-state index contributed by atoms with van der Waals surface area (Å²) in [5, 5.41) is 8.53. The van der Waals surface area contributed by atoms with E-state index in [9.17, 15) is 4.79 Å². The fourth-order valence-electron chi connectivity index (χ4n) is 2.54. The average molecular weight is 199 g/mol. The molecule has 2 saturated heterocycles. The van der Waals surface area contributed by atoms with Gasteiger partial charge in [0.05, 0.1) is 6.10 Å². The van der Waals surface area contributed by atoms with Crippen molar-refractivity contribution in [1.82, 2.24) is 4.90 Å². The van der Waals surface area contributed by atoms with Gasteiger partial charge in [0.25, 0.3) is 0 Å². The summed E-state index contributed by atoms with van der Waals surface area (Å²) in [6.45, 7) is 3.24. The Balaban J connectivity index is 1.83. The van der Waals surface area contributed by atoms with Gasteiger partial charge in [-0.15, -0.1) is 0 Å². The van der Waals surface area contributed by atoms with Gasteiger partial charge < -0.3 is 14.7 Å². The zero-order chi connectivity index (χ0) is 9.97. The van der Waals surface area contributed by atoms with Crippen molar-refractivity contribution in [3.63, 3.8) is 0 Å². The van der Waals surface area contributed by atoms with E-state index in [1.165, 1.54) is 19.4 Å². The van der Waals surface area contributed by atoms with E-state index in [2.05, 4.69) is 4.90 Å². The normalized spacial score (nSPS) is 36.7. The molecule has 0 radical (unpaired) electrons. The van der Waals surface area contributed by atoms with E-state index >= 15 is 0 Å². The minimum absolute atomic E-state index is 0.138. The van der Waals surface area contributed by atoms with Crippen LogP contribution in [0.25, 0.3) is 0 Å². The van der Waals surface area contributed by atoms with Crippen LogP contribution in [0.15, 0.2) is 0 Å². The van der Waals surface area contributed by atoms with Crippen LogP contribution < -0.4 is 0 Å². The van der Waals surface area contributed by atoms with Crippen molar-refractivity contribution in [2.45, 2.75) is 25.4 Å². The number of nitrogens with zero attached hydrogens (tertiary/aromatic N) is 1. The Morgan fingerprint density at radius 2 is 2.29 bits per heavy atom. The van der Waals surface area contributed by atoms with E-state index in [0.717, 1.165) is 19.5 Å². The number of carboxylic acid groups (broad SMARTS) is 1. The van der Waals surface area contributed by atoms with Crippen LogP contribution in [0.5, 0.6) is 0 Å². The van der Waals surface area contributed by atoms with Crippen LogP contribution in [0.1, 0.15) is 19.3 Å². The standard InChI is InChI=1S/C10H17NO3/c12-10(13)7-14-9-3-5-11-4-1-2-8(9)6-11/h8-9H,1-7H2,(H,12,13). The second kappa shape index (κ2) is 4.28. The van der Waals surface area contributed by atoms with Crippen molar-refractivity contribution in [3.05, 3.63) is 0 Å². The maximum absolute atomic E-state index is 10.4. The monoisotopic (exact) mass is 199 g/mol. The molecular formula is C10H17NO3. The molecule has 2 fully saturated rings. The first-order chi connectivity index (χ1) is 6.75. The lowest BCUT2D eigenvalue weighted by Gasteiger charge is -2.42. The number of rotatable bonds is 3. The zero-order valence-corrected chi connectivity index (χ0v) is 8.32. The Labute approximate surface area is 83.8 Å². The van der Waals surface area contributed by atoms with E-state index < -0.39 is 5.97 Å². The van der Waals surface area contributed by atoms with E-state index in [1.54, 1.807) is 0 Å². The zero-order valence-electron chi connectivity index (χ0n) is 8.32. The van der Waals surface area contributed by atoms with Gasteiger partial charge >= 0.3 is 5.97 Å². The average Bonchev–Trinajstić information content (AvgIpc) is 2.17. The van der Waals surface area contributed by atoms with Gasteiger partial charge in [0, 0.05) is 13.1 Å². The third-order valence-electron chi connectivity index (χ3n) is 3.22. The van der Waals surface area contributed by atoms with Crippen molar-refractivity contribution in [3.8, 4) is 0 Å². The molecule has 2 heterocycles. The Morgan fingerprint density at radius 3 is 3.07 bits per heavy atom.